The van der Waals surface area contributed by atoms with Crippen LogP contribution in [0.2, 0.25) is 0 Å². The van der Waals surface area contributed by atoms with Gasteiger partial charge in [0.1, 0.15) is 11.5 Å². The van der Waals surface area contributed by atoms with Crippen LogP contribution in [0, 0.1) is 0 Å². The highest BCUT2D eigenvalue weighted by atomic mass is 16.6. The number of primary amides is 1. The molecular weight excluding hydrogens is 310 g/mol. The number of carbonyl (C=O) groups is 2. The molecule has 2 N–H and O–H groups in total. The van der Waals surface area contributed by atoms with Crippen molar-refractivity contribution in [1.29, 1.82) is 0 Å². The molecule has 0 aliphatic carbocycles. The average Bonchev–Trinajstić information content (AvgIpc) is 2.60. The molecule has 0 aliphatic heterocycles. The zero-order chi connectivity index (χ0) is 17.5. The molecule has 2 rings (SSSR count). The Balaban J connectivity index is 2.02. The summed E-state index contributed by atoms with van der Waals surface area (Å²) < 4.78 is 15.8. The van der Waals surface area contributed by atoms with E-state index in [1.807, 2.05) is 0 Å². The van der Waals surface area contributed by atoms with Crippen molar-refractivity contribution in [3.05, 3.63) is 60.2 Å². The van der Waals surface area contributed by atoms with E-state index < -0.39 is 24.1 Å². The average molecular weight is 329 g/mol. The molecule has 2 atom stereocenters. The molecule has 6 nitrogen and oxygen atoms in total. The molecule has 0 heterocycles. The fraction of sp³-hybridized carbons (Fsp3) is 0.222. The van der Waals surface area contributed by atoms with Crippen molar-refractivity contribution < 1.29 is 23.8 Å². The molecule has 126 valence electrons. The van der Waals surface area contributed by atoms with Crippen LogP contribution in [-0.2, 0) is 14.3 Å². The Hall–Kier alpha value is -3.02. The Morgan fingerprint density at radius 1 is 0.958 bits per heavy atom. The van der Waals surface area contributed by atoms with Crippen LogP contribution in [0.3, 0.4) is 0 Å². The van der Waals surface area contributed by atoms with Crippen molar-refractivity contribution in [3.8, 4) is 11.5 Å². The molecule has 0 spiro atoms. The van der Waals surface area contributed by atoms with Gasteiger partial charge in [-0.3, -0.25) is 4.79 Å². The van der Waals surface area contributed by atoms with E-state index in [0.717, 1.165) is 0 Å². The predicted molar refractivity (Wildman–Crippen MR) is 87.6 cm³/mol. The van der Waals surface area contributed by atoms with Gasteiger partial charge in [0.15, 0.2) is 6.10 Å². The highest BCUT2D eigenvalue weighted by Crippen LogP contribution is 2.21. The van der Waals surface area contributed by atoms with Gasteiger partial charge >= 0.3 is 5.97 Å². The van der Waals surface area contributed by atoms with Gasteiger partial charge in [-0.1, -0.05) is 30.3 Å². The van der Waals surface area contributed by atoms with Gasteiger partial charge in [0.25, 0.3) is 5.91 Å². The summed E-state index contributed by atoms with van der Waals surface area (Å²) in [5.41, 5.74) is 5.84. The molecule has 0 aliphatic rings. The van der Waals surface area contributed by atoms with Gasteiger partial charge in [-0.05, 0) is 31.2 Å². The number of hydrogen-bond donors (Lipinski definition) is 1. The lowest BCUT2D eigenvalue weighted by Crippen LogP contribution is -2.32. The molecule has 2 unspecified atom stereocenters. The van der Waals surface area contributed by atoms with Gasteiger partial charge in [0, 0.05) is 5.56 Å². The maximum absolute atomic E-state index is 12.2. The van der Waals surface area contributed by atoms with Crippen LogP contribution in [0.4, 0.5) is 0 Å². The normalized spacial score (nSPS) is 12.8. The first kappa shape index (κ1) is 17.3. The smallest absolute Gasteiger partial charge is 0.348 e. The minimum atomic E-state index is -1.15. The number of carbonyl (C=O) groups excluding carboxylic acids is 2. The molecule has 6 heteroatoms. The second-order valence-electron chi connectivity index (χ2n) is 5.07. The van der Waals surface area contributed by atoms with Crippen molar-refractivity contribution in [1.82, 2.24) is 0 Å². The second kappa shape index (κ2) is 8.01. The number of hydrogen-bond acceptors (Lipinski definition) is 5. The van der Waals surface area contributed by atoms with Crippen LogP contribution in [0.25, 0.3) is 0 Å². The van der Waals surface area contributed by atoms with E-state index in [-0.39, 0.29) is 0 Å². The summed E-state index contributed by atoms with van der Waals surface area (Å²) in [6.45, 7) is 1.54. The third-order valence-corrected chi connectivity index (χ3v) is 3.30. The highest BCUT2D eigenvalue weighted by Gasteiger charge is 2.26. The van der Waals surface area contributed by atoms with E-state index in [4.69, 9.17) is 19.9 Å². The summed E-state index contributed by atoms with van der Waals surface area (Å²) in [7, 11) is 1.56. The molecule has 0 saturated carbocycles. The summed E-state index contributed by atoms with van der Waals surface area (Å²) in [6, 6.07) is 15.4. The van der Waals surface area contributed by atoms with Crippen molar-refractivity contribution in [2.45, 2.75) is 19.1 Å². The Kier molecular flexibility index (Phi) is 5.78. The molecule has 0 saturated heterocycles. The molecule has 0 fully saturated rings. The quantitative estimate of drug-likeness (QED) is 0.787. The van der Waals surface area contributed by atoms with Crippen molar-refractivity contribution >= 4 is 11.9 Å². The number of amides is 1. The van der Waals surface area contributed by atoms with Crippen LogP contribution in [0.5, 0.6) is 11.5 Å². The Morgan fingerprint density at radius 2 is 1.54 bits per heavy atom. The molecule has 2 aromatic carbocycles. The number of methoxy groups -OCH3 is 1. The second-order valence-corrected chi connectivity index (χ2v) is 5.07. The van der Waals surface area contributed by atoms with Crippen LogP contribution in [0.15, 0.2) is 54.6 Å². The molecule has 2 aromatic rings. The van der Waals surface area contributed by atoms with E-state index in [1.165, 1.54) is 6.92 Å². The Morgan fingerprint density at radius 3 is 2.08 bits per heavy atom. The summed E-state index contributed by atoms with van der Waals surface area (Å²) in [5.74, 6) is -0.268. The number of ether oxygens (including phenoxy) is 3. The lowest BCUT2D eigenvalue weighted by atomic mass is 10.1. The zero-order valence-corrected chi connectivity index (χ0v) is 13.5. The van der Waals surface area contributed by atoms with Crippen molar-refractivity contribution in [3.63, 3.8) is 0 Å². The van der Waals surface area contributed by atoms with Gasteiger partial charge in [-0.25, -0.2) is 4.79 Å². The molecular formula is C18H19NO5. The van der Waals surface area contributed by atoms with E-state index in [9.17, 15) is 9.59 Å². The van der Waals surface area contributed by atoms with Crippen LogP contribution < -0.4 is 15.2 Å². The Bertz CT molecular complexity index is 684. The number of rotatable bonds is 7. The van der Waals surface area contributed by atoms with Gasteiger partial charge in [0.05, 0.1) is 7.11 Å². The minimum Gasteiger partial charge on any atom is -0.497 e. The van der Waals surface area contributed by atoms with Crippen LogP contribution >= 0.6 is 0 Å². The monoisotopic (exact) mass is 329 g/mol. The summed E-state index contributed by atoms with van der Waals surface area (Å²) in [5, 5.41) is 0. The number of benzene rings is 2. The van der Waals surface area contributed by atoms with Crippen molar-refractivity contribution in [2.24, 2.45) is 5.73 Å². The SMILES string of the molecule is COc1ccc(OC(C)C(=O)OC(C(N)=O)c2ccccc2)cc1. The van der Waals surface area contributed by atoms with E-state index in [1.54, 1.807) is 61.7 Å². The maximum atomic E-state index is 12.2. The third kappa shape index (κ3) is 4.49. The lowest BCUT2D eigenvalue weighted by molar-refractivity contribution is -0.161. The molecule has 24 heavy (non-hydrogen) atoms. The van der Waals surface area contributed by atoms with E-state index in [2.05, 4.69) is 0 Å². The van der Waals surface area contributed by atoms with Gasteiger partial charge in [-0.2, -0.15) is 0 Å². The summed E-state index contributed by atoms with van der Waals surface area (Å²) in [4.78, 5) is 23.8. The topological polar surface area (TPSA) is 87.8 Å². The van der Waals surface area contributed by atoms with E-state index >= 15 is 0 Å². The van der Waals surface area contributed by atoms with E-state index in [0.29, 0.717) is 17.1 Å². The lowest BCUT2D eigenvalue weighted by Gasteiger charge is -2.19. The Labute approximate surface area is 140 Å². The zero-order valence-electron chi connectivity index (χ0n) is 13.5. The third-order valence-electron chi connectivity index (χ3n) is 3.30. The van der Waals surface area contributed by atoms with Crippen LogP contribution in [-0.4, -0.2) is 25.1 Å². The maximum Gasteiger partial charge on any atom is 0.348 e. The molecule has 1 amide bonds. The van der Waals surface area contributed by atoms with Crippen LogP contribution in [0.1, 0.15) is 18.6 Å². The number of esters is 1. The highest BCUT2D eigenvalue weighted by molar-refractivity contribution is 5.84. The molecule has 0 bridgehead atoms. The van der Waals surface area contributed by atoms with Gasteiger partial charge in [-0.15, -0.1) is 0 Å². The fourth-order valence-electron chi connectivity index (χ4n) is 2.04. The summed E-state index contributed by atoms with van der Waals surface area (Å²) in [6.07, 6.45) is -2.05. The predicted octanol–water partition coefficient (Wildman–Crippen LogP) is 2.23. The van der Waals surface area contributed by atoms with Gasteiger partial charge in [0.2, 0.25) is 6.10 Å². The first-order valence-electron chi connectivity index (χ1n) is 7.36. The largest absolute Gasteiger partial charge is 0.497 e. The first-order valence-corrected chi connectivity index (χ1v) is 7.36. The summed E-state index contributed by atoms with van der Waals surface area (Å²) >= 11 is 0. The van der Waals surface area contributed by atoms with Gasteiger partial charge < -0.3 is 19.9 Å². The first-order chi connectivity index (χ1) is 11.5. The van der Waals surface area contributed by atoms with Crippen molar-refractivity contribution in [2.75, 3.05) is 7.11 Å². The molecule has 0 radical (unpaired) electrons. The fourth-order valence-corrected chi connectivity index (χ4v) is 2.04. The minimum absolute atomic E-state index is 0.482. The standard InChI is InChI=1S/C18H19NO5/c1-12(23-15-10-8-14(22-2)9-11-15)18(21)24-16(17(19)20)13-6-4-3-5-7-13/h3-12,16H,1-2H3,(H2,19,20). The molecule has 0 aromatic heterocycles. The number of nitrogens with two attached hydrogens (primary N) is 1.